The maximum Gasteiger partial charge on any atom is 0.358 e. The predicted molar refractivity (Wildman–Crippen MR) is 76.3 cm³/mol. The number of rotatable bonds is 4. The van der Waals surface area contributed by atoms with Gasteiger partial charge in [-0.2, -0.15) is 0 Å². The number of hydrogen-bond donors (Lipinski definition) is 2. The van der Waals surface area contributed by atoms with Crippen molar-refractivity contribution in [3.05, 3.63) is 40.7 Å². The summed E-state index contributed by atoms with van der Waals surface area (Å²) in [4.78, 5) is 22.7. The molecular weight excluding hydrogens is 272 g/mol. The fourth-order valence-corrected chi connectivity index (χ4v) is 2.18. The second-order valence-corrected chi connectivity index (χ2v) is 4.93. The summed E-state index contributed by atoms with van der Waals surface area (Å²) in [6.45, 7) is 5.75. The van der Waals surface area contributed by atoms with Crippen LogP contribution in [0.25, 0.3) is 0 Å². The summed E-state index contributed by atoms with van der Waals surface area (Å²) in [7, 11) is 0. The standard InChI is InChI=1S/C14H16N4O3/c1-8-4-9(2)13(10(3)5-8)15-12(19)7-18-6-11(14(20)21)16-17-18/h4-6H,7H2,1-3H3,(H,15,19)(H,20,21). The number of aromatic nitrogens is 3. The minimum Gasteiger partial charge on any atom is -0.476 e. The van der Waals surface area contributed by atoms with Crippen molar-refractivity contribution in [3.8, 4) is 0 Å². The Morgan fingerprint density at radius 2 is 1.86 bits per heavy atom. The van der Waals surface area contributed by atoms with E-state index in [1.54, 1.807) is 0 Å². The number of aromatic carboxylic acids is 1. The van der Waals surface area contributed by atoms with E-state index in [0.717, 1.165) is 22.4 Å². The van der Waals surface area contributed by atoms with Crippen LogP contribution in [0.15, 0.2) is 18.3 Å². The first-order chi connectivity index (χ1) is 9.86. The van der Waals surface area contributed by atoms with Crippen LogP contribution in [0.3, 0.4) is 0 Å². The molecule has 0 aliphatic rings. The van der Waals surface area contributed by atoms with E-state index in [9.17, 15) is 9.59 Å². The van der Waals surface area contributed by atoms with Crippen LogP contribution in [0.2, 0.25) is 0 Å². The Hall–Kier alpha value is -2.70. The number of benzene rings is 1. The summed E-state index contributed by atoms with van der Waals surface area (Å²) in [6.07, 6.45) is 1.22. The van der Waals surface area contributed by atoms with Crippen LogP contribution in [0.4, 0.5) is 5.69 Å². The minimum atomic E-state index is -1.17. The maximum atomic E-state index is 12.0. The van der Waals surface area contributed by atoms with E-state index in [2.05, 4.69) is 15.6 Å². The Kier molecular flexibility index (Phi) is 4.02. The zero-order valence-electron chi connectivity index (χ0n) is 12.0. The molecule has 0 saturated heterocycles. The van der Waals surface area contributed by atoms with E-state index >= 15 is 0 Å². The Balaban J connectivity index is 2.10. The number of carboxylic acids is 1. The zero-order valence-corrected chi connectivity index (χ0v) is 12.0. The molecule has 7 nitrogen and oxygen atoms in total. The van der Waals surface area contributed by atoms with Gasteiger partial charge in [-0.25, -0.2) is 9.48 Å². The molecule has 0 spiro atoms. The molecule has 2 aromatic rings. The average Bonchev–Trinajstić information content (AvgIpc) is 2.82. The van der Waals surface area contributed by atoms with Crippen LogP contribution in [-0.4, -0.2) is 32.0 Å². The lowest BCUT2D eigenvalue weighted by Gasteiger charge is -2.12. The third-order valence-corrected chi connectivity index (χ3v) is 3.00. The highest BCUT2D eigenvalue weighted by atomic mass is 16.4. The van der Waals surface area contributed by atoms with Crippen molar-refractivity contribution in [2.75, 3.05) is 5.32 Å². The summed E-state index contributed by atoms with van der Waals surface area (Å²) in [6, 6.07) is 3.97. The Morgan fingerprint density at radius 1 is 1.24 bits per heavy atom. The number of hydrogen-bond acceptors (Lipinski definition) is 4. The van der Waals surface area contributed by atoms with Gasteiger partial charge >= 0.3 is 5.97 Å². The van der Waals surface area contributed by atoms with Crippen LogP contribution >= 0.6 is 0 Å². The second-order valence-electron chi connectivity index (χ2n) is 4.93. The first-order valence-corrected chi connectivity index (χ1v) is 6.38. The molecule has 1 heterocycles. The molecule has 2 rings (SSSR count). The van der Waals surface area contributed by atoms with E-state index in [1.165, 1.54) is 10.9 Å². The third kappa shape index (κ3) is 3.44. The third-order valence-electron chi connectivity index (χ3n) is 3.00. The molecule has 1 amide bonds. The molecule has 1 aromatic carbocycles. The molecule has 0 atom stereocenters. The molecule has 0 fully saturated rings. The number of anilines is 1. The highest BCUT2D eigenvalue weighted by Gasteiger charge is 2.12. The number of carbonyl (C=O) groups excluding carboxylic acids is 1. The van der Waals surface area contributed by atoms with Gasteiger partial charge in [0.1, 0.15) is 6.54 Å². The van der Waals surface area contributed by atoms with Crippen LogP contribution < -0.4 is 5.32 Å². The van der Waals surface area contributed by atoms with Crippen molar-refractivity contribution >= 4 is 17.6 Å². The summed E-state index contributed by atoms with van der Waals surface area (Å²) in [5.74, 6) is -1.46. The lowest BCUT2D eigenvalue weighted by molar-refractivity contribution is -0.116. The van der Waals surface area contributed by atoms with Gasteiger partial charge in [0, 0.05) is 5.69 Å². The van der Waals surface area contributed by atoms with Crippen LogP contribution in [0.1, 0.15) is 27.2 Å². The highest BCUT2D eigenvalue weighted by Crippen LogP contribution is 2.21. The predicted octanol–water partition coefficient (Wildman–Crippen LogP) is 1.54. The molecule has 0 bridgehead atoms. The van der Waals surface area contributed by atoms with E-state index < -0.39 is 5.97 Å². The van der Waals surface area contributed by atoms with E-state index in [0.29, 0.717) is 0 Å². The number of carbonyl (C=O) groups is 2. The number of aryl methyl sites for hydroxylation is 3. The lowest BCUT2D eigenvalue weighted by atomic mass is 10.1. The van der Waals surface area contributed by atoms with E-state index in [-0.39, 0.29) is 18.1 Å². The van der Waals surface area contributed by atoms with Gasteiger partial charge in [-0.05, 0) is 31.9 Å². The molecule has 0 radical (unpaired) electrons. The van der Waals surface area contributed by atoms with Crippen molar-refractivity contribution in [3.63, 3.8) is 0 Å². The van der Waals surface area contributed by atoms with Crippen LogP contribution in [-0.2, 0) is 11.3 Å². The molecular formula is C14H16N4O3. The van der Waals surface area contributed by atoms with Gasteiger partial charge in [0.2, 0.25) is 5.91 Å². The quantitative estimate of drug-likeness (QED) is 0.889. The second kappa shape index (κ2) is 5.74. The van der Waals surface area contributed by atoms with Crippen molar-refractivity contribution < 1.29 is 14.7 Å². The smallest absolute Gasteiger partial charge is 0.358 e. The van der Waals surface area contributed by atoms with Gasteiger partial charge in [0.25, 0.3) is 0 Å². The number of amides is 1. The van der Waals surface area contributed by atoms with Gasteiger partial charge in [0.15, 0.2) is 5.69 Å². The van der Waals surface area contributed by atoms with Gasteiger partial charge < -0.3 is 10.4 Å². The van der Waals surface area contributed by atoms with Crippen molar-refractivity contribution in [1.82, 2.24) is 15.0 Å². The van der Waals surface area contributed by atoms with E-state index in [4.69, 9.17) is 5.11 Å². The molecule has 0 unspecified atom stereocenters. The number of nitrogens with one attached hydrogen (secondary N) is 1. The maximum absolute atomic E-state index is 12.0. The molecule has 0 aliphatic heterocycles. The van der Waals surface area contributed by atoms with Gasteiger partial charge in [-0.3, -0.25) is 4.79 Å². The summed E-state index contributed by atoms with van der Waals surface area (Å²) >= 11 is 0. The minimum absolute atomic E-state index is 0.0902. The monoisotopic (exact) mass is 288 g/mol. The lowest BCUT2D eigenvalue weighted by Crippen LogP contribution is -2.20. The topological polar surface area (TPSA) is 97.1 Å². The van der Waals surface area contributed by atoms with E-state index in [1.807, 2.05) is 32.9 Å². The van der Waals surface area contributed by atoms with Crippen molar-refractivity contribution in [2.24, 2.45) is 0 Å². The molecule has 110 valence electrons. The number of nitrogens with zero attached hydrogens (tertiary/aromatic N) is 3. The number of carboxylic acid groups (broad SMARTS) is 1. The molecule has 21 heavy (non-hydrogen) atoms. The normalized spacial score (nSPS) is 10.4. The van der Waals surface area contributed by atoms with Gasteiger partial charge in [-0.1, -0.05) is 22.9 Å². The molecule has 2 N–H and O–H groups in total. The summed E-state index contributed by atoms with van der Waals surface area (Å²) in [5, 5.41) is 18.6. The molecule has 7 heteroatoms. The highest BCUT2D eigenvalue weighted by molar-refractivity contribution is 5.92. The van der Waals surface area contributed by atoms with Crippen LogP contribution in [0, 0.1) is 20.8 Å². The Labute approximate surface area is 121 Å². The van der Waals surface area contributed by atoms with Gasteiger partial charge in [0.05, 0.1) is 6.20 Å². The summed E-state index contributed by atoms with van der Waals surface area (Å²) in [5.41, 5.74) is 3.66. The molecule has 1 aromatic heterocycles. The summed E-state index contributed by atoms with van der Waals surface area (Å²) < 4.78 is 1.19. The Bertz CT molecular complexity index is 683. The van der Waals surface area contributed by atoms with Gasteiger partial charge in [-0.15, -0.1) is 5.10 Å². The average molecular weight is 288 g/mol. The molecule has 0 aliphatic carbocycles. The Morgan fingerprint density at radius 3 is 2.38 bits per heavy atom. The van der Waals surface area contributed by atoms with Crippen molar-refractivity contribution in [2.45, 2.75) is 27.3 Å². The first-order valence-electron chi connectivity index (χ1n) is 6.38. The fourth-order valence-electron chi connectivity index (χ4n) is 2.18. The largest absolute Gasteiger partial charge is 0.476 e. The fraction of sp³-hybridized carbons (Fsp3) is 0.286. The molecule has 0 saturated carbocycles. The first kappa shape index (κ1) is 14.7. The SMILES string of the molecule is Cc1cc(C)c(NC(=O)Cn2cc(C(=O)O)nn2)c(C)c1. The van der Waals surface area contributed by atoms with Crippen molar-refractivity contribution in [1.29, 1.82) is 0 Å². The zero-order chi connectivity index (χ0) is 15.6. The van der Waals surface area contributed by atoms with Crippen LogP contribution in [0.5, 0.6) is 0 Å².